The normalized spacial score (nSPS) is 13.8. The molecule has 0 radical (unpaired) electrons. The first-order valence-electron chi connectivity index (χ1n) is 8.50. The molecule has 0 atom stereocenters. The van der Waals surface area contributed by atoms with Crippen molar-refractivity contribution in [3.63, 3.8) is 0 Å². The number of benzene rings is 3. The Balaban J connectivity index is 1.47. The van der Waals surface area contributed by atoms with Crippen LogP contribution in [0.2, 0.25) is 0 Å². The molecule has 0 spiro atoms. The second kappa shape index (κ2) is 5.71. The molecule has 0 aromatic heterocycles. The standard InChI is InChI=1S/C22H17NO2/c1-2-8-17(9-3-1)23-18-10-11-19-22(14-18)25-21-13-16-7-5-4-6-15(16)12-20(21)24-19/h1-3,5,7-14,23H,4,6H2. The molecular weight excluding hydrogens is 310 g/mol. The Hall–Kier alpha value is -3.20. The first-order valence-corrected chi connectivity index (χ1v) is 8.50. The summed E-state index contributed by atoms with van der Waals surface area (Å²) in [6.07, 6.45) is 6.49. The summed E-state index contributed by atoms with van der Waals surface area (Å²) in [5.41, 5.74) is 4.54. The number of hydrogen-bond acceptors (Lipinski definition) is 3. The van der Waals surface area contributed by atoms with Crippen LogP contribution < -0.4 is 14.8 Å². The molecule has 1 N–H and O–H groups in total. The molecule has 0 saturated carbocycles. The van der Waals surface area contributed by atoms with E-state index < -0.39 is 0 Å². The predicted molar refractivity (Wildman–Crippen MR) is 100 cm³/mol. The van der Waals surface area contributed by atoms with Crippen molar-refractivity contribution in [3.05, 3.63) is 77.9 Å². The summed E-state index contributed by atoms with van der Waals surface area (Å²) in [7, 11) is 0. The third-order valence-electron chi connectivity index (χ3n) is 4.53. The van der Waals surface area contributed by atoms with Crippen LogP contribution in [0.25, 0.3) is 6.08 Å². The molecule has 0 bridgehead atoms. The van der Waals surface area contributed by atoms with Gasteiger partial charge in [-0.1, -0.05) is 30.4 Å². The Kier molecular flexibility index (Phi) is 3.23. The van der Waals surface area contributed by atoms with Gasteiger partial charge >= 0.3 is 0 Å². The molecule has 0 unspecified atom stereocenters. The van der Waals surface area contributed by atoms with Gasteiger partial charge in [0.15, 0.2) is 23.0 Å². The summed E-state index contributed by atoms with van der Waals surface area (Å²) in [4.78, 5) is 0. The zero-order valence-electron chi connectivity index (χ0n) is 13.7. The number of anilines is 2. The molecule has 122 valence electrons. The molecule has 25 heavy (non-hydrogen) atoms. The summed E-state index contributed by atoms with van der Waals surface area (Å²) >= 11 is 0. The fourth-order valence-corrected chi connectivity index (χ4v) is 3.27. The number of nitrogens with one attached hydrogen (secondary N) is 1. The van der Waals surface area contributed by atoms with E-state index in [0.717, 1.165) is 47.2 Å². The van der Waals surface area contributed by atoms with Gasteiger partial charge in [0.2, 0.25) is 0 Å². The summed E-state index contributed by atoms with van der Waals surface area (Å²) in [5.74, 6) is 3.05. The van der Waals surface area contributed by atoms with E-state index in [0.29, 0.717) is 0 Å². The van der Waals surface area contributed by atoms with Crippen molar-refractivity contribution in [1.29, 1.82) is 0 Å². The highest BCUT2D eigenvalue weighted by Crippen LogP contribution is 2.47. The van der Waals surface area contributed by atoms with Gasteiger partial charge in [-0.25, -0.2) is 0 Å². The number of fused-ring (bicyclic) bond motifs is 3. The SMILES string of the molecule is C1=Cc2cc3c(cc2CC1)Oc1ccc(Nc2ccccc2)cc1O3. The van der Waals surface area contributed by atoms with Gasteiger partial charge in [-0.3, -0.25) is 0 Å². The van der Waals surface area contributed by atoms with Crippen molar-refractivity contribution in [2.75, 3.05) is 5.32 Å². The maximum atomic E-state index is 6.12. The van der Waals surface area contributed by atoms with Crippen molar-refractivity contribution in [2.24, 2.45) is 0 Å². The van der Waals surface area contributed by atoms with E-state index in [1.54, 1.807) is 0 Å². The highest BCUT2D eigenvalue weighted by Gasteiger charge is 2.21. The van der Waals surface area contributed by atoms with Crippen molar-refractivity contribution in [3.8, 4) is 23.0 Å². The van der Waals surface area contributed by atoms with Gasteiger partial charge in [0.1, 0.15) is 0 Å². The van der Waals surface area contributed by atoms with E-state index in [-0.39, 0.29) is 0 Å². The van der Waals surface area contributed by atoms with Gasteiger partial charge in [0.25, 0.3) is 0 Å². The highest BCUT2D eigenvalue weighted by molar-refractivity contribution is 5.68. The molecule has 3 aromatic carbocycles. The monoisotopic (exact) mass is 327 g/mol. The van der Waals surface area contributed by atoms with Crippen LogP contribution in [0.3, 0.4) is 0 Å². The Morgan fingerprint density at radius 2 is 1.52 bits per heavy atom. The third-order valence-corrected chi connectivity index (χ3v) is 4.53. The van der Waals surface area contributed by atoms with Crippen LogP contribution >= 0.6 is 0 Å². The quantitative estimate of drug-likeness (QED) is 0.469. The second-order valence-electron chi connectivity index (χ2n) is 6.30. The van der Waals surface area contributed by atoms with E-state index in [4.69, 9.17) is 9.47 Å². The van der Waals surface area contributed by atoms with Gasteiger partial charge in [0.05, 0.1) is 0 Å². The van der Waals surface area contributed by atoms with Crippen LogP contribution in [0.1, 0.15) is 17.5 Å². The largest absolute Gasteiger partial charge is 0.449 e. The van der Waals surface area contributed by atoms with E-state index in [1.165, 1.54) is 11.1 Å². The van der Waals surface area contributed by atoms with Gasteiger partial charge in [-0.15, -0.1) is 0 Å². The van der Waals surface area contributed by atoms with Crippen LogP contribution in [0.5, 0.6) is 23.0 Å². The lowest BCUT2D eigenvalue weighted by atomic mass is 9.96. The molecule has 3 aromatic rings. The lowest BCUT2D eigenvalue weighted by Gasteiger charge is -2.23. The average molecular weight is 327 g/mol. The average Bonchev–Trinajstić information content (AvgIpc) is 2.65. The topological polar surface area (TPSA) is 30.5 Å². The molecule has 1 heterocycles. The maximum Gasteiger partial charge on any atom is 0.172 e. The van der Waals surface area contributed by atoms with Crippen LogP contribution in [-0.4, -0.2) is 0 Å². The van der Waals surface area contributed by atoms with Gasteiger partial charge < -0.3 is 14.8 Å². The summed E-state index contributed by atoms with van der Waals surface area (Å²) in [6, 6.07) is 20.2. The minimum Gasteiger partial charge on any atom is -0.449 e. The maximum absolute atomic E-state index is 6.12. The number of aryl methyl sites for hydroxylation is 1. The summed E-state index contributed by atoms with van der Waals surface area (Å²) in [6.45, 7) is 0. The number of allylic oxidation sites excluding steroid dienone is 1. The highest BCUT2D eigenvalue weighted by atomic mass is 16.6. The van der Waals surface area contributed by atoms with Crippen LogP contribution in [0.15, 0.2) is 66.7 Å². The third kappa shape index (κ3) is 2.64. The summed E-state index contributed by atoms with van der Waals surface area (Å²) < 4.78 is 12.2. The Labute approximate surface area is 146 Å². The van der Waals surface area contributed by atoms with Crippen LogP contribution in [0, 0.1) is 0 Å². The Morgan fingerprint density at radius 3 is 2.44 bits per heavy atom. The predicted octanol–water partition coefficient (Wildman–Crippen LogP) is 6.29. The minimum atomic E-state index is 0.730. The van der Waals surface area contributed by atoms with Crippen LogP contribution in [-0.2, 0) is 6.42 Å². The molecule has 1 aliphatic carbocycles. The minimum absolute atomic E-state index is 0.730. The number of para-hydroxylation sites is 1. The molecule has 5 rings (SSSR count). The van der Waals surface area contributed by atoms with E-state index >= 15 is 0 Å². The molecular formula is C22H17NO2. The zero-order chi connectivity index (χ0) is 16.6. The first-order chi connectivity index (χ1) is 12.3. The fraction of sp³-hybridized carbons (Fsp3) is 0.0909. The van der Waals surface area contributed by atoms with Crippen molar-refractivity contribution in [1.82, 2.24) is 0 Å². The Morgan fingerprint density at radius 1 is 0.720 bits per heavy atom. The van der Waals surface area contributed by atoms with Crippen LogP contribution in [0.4, 0.5) is 11.4 Å². The Bertz CT molecular complexity index is 977. The second-order valence-corrected chi connectivity index (χ2v) is 6.30. The molecule has 2 aliphatic rings. The number of ether oxygens (including phenoxy) is 2. The number of hydrogen-bond donors (Lipinski definition) is 1. The van der Waals surface area contributed by atoms with Crippen molar-refractivity contribution in [2.45, 2.75) is 12.8 Å². The lowest BCUT2D eigenvalue weighted by molar-refractivity contribution is 0.359. The molecule has 1 aliphatic heterocycles. The van der Waals surface area contributed by atoms with E-state index in [2.05, 4.69) is 29.6 Å². The molecule has 0 fully saturated rings. The molecule has 3 heteroatoms. The first kappa shape index (κ1) is 14.2. The van der Waals surface area contributed by atoms with Crippen molar-refractivity contribution < 1.29 is 9.47 Å². The fourth-order valence-electron chi connectivity index (χ4n) is 3.27. The molecule has 3 nitrogen and oxygen atoms in total. The number of rotatable bonds is 2. The van der Waals surface area contributed by atoms with Gasteiger partial charge in [-0.05, 0) is 60.4 Å². The van der Waals surface area contributed by atoms with Crippen molar-refractivity contribution >= 4 is 17.5 Å². The molecule has 0 amide bonds. The summed E-state index contributed by atoms with van der Waals surface area (Å²) in [5, 5.41) is 3.38. The lowest BCUT2D eigenvalue weighted by Crippen LogP contribution is -2.03. The van der Waals surface area contributed by atoms with Gasteiger partial charge in [-0.2, -0.15) is 0 Å². The van der Waals surface area contributed by atoms with Gasteiger partial charge in [0, 0.05) is 17.4 Å². The van der Waals surface area contributed by atoms with E-state index in [9.17, 15) is 0 Å². The zero-order valence-corrected chi connectivity index (χ0v) is 13.7. The van der Waals surface area contributed by atoms with E-state index in [1.807, 2.05) is 48.5 Å². The smallest absolute Gasteiger partial charge is 0.172 e. The molecule has 0 saturated heterocycles.